The molecule has 19 heavy (non-hydrogen) atoms. The number of hydrogen-bond acceptors (Lipinski definition) is 2. The van der Waals surface area contributed by atoms with Crippen molar-refractivity contribution in [2.45, 2.75) is 64.5 Å². The molecular weight excluding hydrogens is 234 g/mol. The van der Waals surface area contributed by atoms with Gasteiger partial charge in [0.05, 0.1) is 6.10 Å². The van der Waals surface area contributed by atoms with Crippen LogP contribution >= 0.6 is 0 Å². The van der Waals surface area contributed by atoms with Crippen molar-refractivity contribution < 1.29 is 4.74 Å². The maximum atomic E-state index is 6.01. The normalized spacial score (nSPS) is 40.9. The summed E-state index contributed by atoms with van der Waals surface area (Å²) in [5, 5.41) is 3.97. The first kappa shape index (κ1) is 12.6. The highest BCUT2D eigenvalue weighted by atomic mass is 16.5. The van der Waals surface area contributed by atoms with Gasteiger partial charge >= 0.3 is 0 Å². The number of rotatable bonds is 5. The van der Waals surface area contributed by atoms with Gasteiger partial charge in [-0.2, -0.15) is 0 Å². The molecule has 0 aromatic heterocycles. The van der Waals surface area contributed by atoms with Crippen LogP contribution in [0, 0.1) is 29.1 Å². The Morgan fingerprint density at radius 2 is 1.79 bits per heavy atom. The first-order chi connectivity index (χ1) is 9.18. The number of hydrogen-bond donors (Lipinski definition) is 1. The van der Waals surface area contributed by atoms with E-state index >= 15 is 0 Å². The minimum Gasteiger partial charge on any atom is -0.377 e. The smallest absolute Gasteiger partial charge is 0.0684 e. The van der Waals surface area contributed by atoms with Crippen LogP contribution in [-0.2, 0) is 4.74 Å². The molecule has 3 saturated carbocycles. The van der Waals surface area contributed by atoms with Gasteiger partial charge in [0.2, 0.25) is 0 Å². The topological polar surface area (TPSA) is 21.3 Å². The van der Waals surface area contributed by atoms with Gasteiger partial charge in [0.15, 0.2) is 0 Å². The maximum absolute atomic E-state index is 6.01. The quantitative estimate of drug-likeness (QED) is 0.822. The lowest BCUT2D eigenvalue weighted by atomic mass is 9.55. The molecule has 0 amide bonds. The molecule has 2 nitrogen and oxygen atoms in total. The lowest BCUT2D eigenvalue weighted by molar-refractivity contribution is -0.193. The van der Waals surface area contributed by atoms with Crippen molar-refractivity contribution in [3.63, 3.8) is 0 Å². The second-order valence-electron chi connectivity index (χ2n) is 8.14. The van der Waals surface area contributed by atoms with Crippen molar-refractivity contribution in [2.24, 2.45) is 29.1 Å². The maximum Gasteiger partial charge on any atom is 0.0684 e. The highest BCUT2D eigenvalue weighted by Crippen LogP contribution is 2.52. The van der Waals surface area contributed by atoms with Gasteiger partial charge in [-0.05, 0) is 62.8 Å². The molecule has 1 aliphatic heterocycles. The summed E-state index contributed by atoms with van der Waals surface area (Å²) in [6.07, 6.45) is 9.20. The standard InChI is InChI=1S/C17H29NO/c1-17(2)15(13-4-3-9-19-16(13)17)18-10-14(11-5-6-11)12-7-8-12/h11-16,18H,3-10H2,1-2H3. The third-order valence-electron chi connectivity index (χ3n) is 6.36. The molecule has 4 fully saturated rings. The Kier molecular flexibility index (Phi) is 2.97. The zero-order valence-corrected chi connectivity index (χ0v) is 12.5. The highest BCUT2D eigenvalue weighted by molar-refractivity contribution is 5.10. The predicted molar refractivity (Wildman–Crippen MR) is 77.0 cm³/mol. The van der Waals surface area contributed by atoms with Crippen molar-refractivity contribution >= 4 is 0 Å². The molecule has 3 aliphatic carbocycles. The van der Waals surface area contributed by atoms with Crippen LogP contribution in [0.4, 0.5) is 0 Å². The van der Waals surface area contributed by atoms with Crippen LogP contribution in [0.25, 0.3) is 0 Å². The summed E-state index contributed by atoms with van der Waals surface area (Å²) in [7, 11) is 0. The first-order valence-corrected chi connectivity index (χ1v) is 8.53. The minimum absolute atomic E-state index is 0.350. The van der Waals surface area contributed by atoms with E-state index in [0.717, 1.165) is 30.3 Å². The Hall–Kier alpha value is -0.0800. The van der Waals surface area contributed by atoms with Gasteiger partial charge in [0.1, 0.15) is 0 Å². The Bertz CT molecular complexity index is 333. The lowest BCUT2D eigenvalue weighted by Gasteiger charge is -2.60. The summed E-state index contributed by atoms with van der Waals surface area (Å²) in [4.78, 5) is 0. The van der Waals surface area contributed by atoms with E-state index in [0.29, 0.717) is 17.6 Å². The largest absolute Gasteiger partial charge is 0.377 e. The third kappa shape index (κ3) is 2.15. The van der Waals surface area contributed by atoms with Crippen molar-refractivity contribution in [3.05, 3.63) is 0 Å². The monoisotopic (exact) mass is 263 g/mol. The summed E-state index contributed by atoms with van der Waals surface area (Å²) in [5.41, 5.74) is 0.350. The summed E-state index contributed by atoms with van der Waals surface area (Å²) >= 11 is 0. The molecule has 0 spiro atoms. The molecule has 108 valence electrons. The summed E-state index contributed by atoms with van der Waals surface area (Å²) in [5.74, 6) is 3.94. The molecule has 3 atom stereocenters. The molecule has 0 radical (unpaired) electrons. The predicted octanol–water partition coefficient (Wildman–Crippen LogP) is 3.22. The van der Waals surface area contributed by atoms with E-state index in [1.54, 1.807) is 0 Å². The van der Waals surface area contributed by atoms with E-state index in [2.05, 4.69) is 19.2 Å². The van der Waals surface area contributed by atoms with Crippen LogP contribution in [-0.4, -0.2) is 25.3 Å². The Morgan fingerprint density at radius 3 is 2.42 bits per heavy atom. The second kappa shape index (κ2) is 4.46. The molecule has 4 aliphatic rings. The first-order valence-electron chi connectivity index (χ1n) is 8.53. The zero-order valence-electron chi connectivity index (χ0n) is 12.5. The van der Waals surface area contributed by atoms with Crippen LogP contribution in [0.5, 0.6) is 0 Å². The van der Waals surface area contributed by atoms with Gasteiger partial charge in [-0.1, -0.05) is 13.8 Å². The summed E-state index contributed by atoms with van der Waals surface area (Å²) < 4.78 is 6.01. The Balaban J connectivity index is 1.36. The second-order valence-corrected chi connectivity index (χ2v) is 8.14. The van der Waals surface area contributed by atoms with Gasteiger partial charge < -0.3 is 10.1 Å². The molecule has 0 aromatic carbocycles. The van der Waals surface area contributed by atoms with Crippen LogP contribution in [0.3, 0.4) is 0 Å². The van der Waals surface area contributed by atoms with Gasteiger partial charge in [0, 0.05) is 24.0 Å². The fourth-order valence-corrected chi connectivity index (χ4v) is 4.97. The zero-order chi connectivity index (χ0) is 13.0. The molecule has 1 heterocycles. The molecule has 1 saturated heterocycles. The Labute approximate surface area is 117 Å². The SMILES string of the molecule is CC1(C)C(NCC(C2CC2)C2CC2)C2CCCOC21. The lowest BCUT2D eigenvalue weighted by Crippen LogP contribution is -2.69. The number of ether oxygens (including phenoxy) is 1. The molecule has 1 N–H and O–H groups in total. The number of nitrogens with one attached hydrogen (secondary N) is 1. The van der Waals surface area contributed by atoms with E-state index < -0.39 is 0 Å². The molecule has 4 rings (SSSR count). The van der Waals surface area contributed by atoms with E-state index in [9.17, 15) is 0 Å². The Morgan fingerprint density at radius 1 is 1.11 bits per heavy atom. The average molecular weight is 263 g/mol. The highest BCUT2D eigenvalue weighted by Gasteiger charge is 2.57. The molecule has 2 heteroatoms. The van der Waals surface area contributed by atoms with Crippen molar-refractivity contribution in [2.75, 3.05) is 13.2 Å². The van der Waals surface area contributed by atoms with Gasteiger partial charge in [-0.15, -0.1) is 0 Å². The fourth-order valence-electron chi connectivity index (χ4n) is 4.97. The number of fused-ring (bicyclic) bond motifs is 1. The van der Waals surface area contributed by atoms with Crippen molar-refractivity contribution in [3.8, 4) is 0 Å². The van der Waals surface area contributed by atoms with E-state index in [1.165, 1.54) is 45.1 Å². The molecule has 0 bridgehead atoms. The molecule has 0 aromatic rings. The average Bonchev–Trinajstić information content (AvgIpc) is 3.27. The van der Waals surface area contributed by atoms with Crippen LogP contribution in [0.15, 0.2) is 0 Å². The summed E-state index contributed by atoms with van der Waals surface area (Å²) in [6, 6.07) is 0.706. The van der Waals surface area contributed by atoms with E-state index in [1.807, 2.05) is 0 Å². The van der Waals surface area contributed by atoms with Gasteiger partial charge in [-0.3, -0.25) is 0 Å². The fraction of sp³-hybridized carbons (Fsp3) is 1.00. The van der Waals surface area contributed by atoms with E-state index in [4.69, 9.17) is 4.74 Å². The summed E-state index contributed by atoms with van der Waals surface area (Å²) in [6.45, 7) is 7.08. The van der Waals surface area contributed by atoms with Gasteiger partial charge in [-0.25, -0.2) is 0 Å². The third-order valence-corrected chi connectivity index (χ3v) is 6.36. The van der Waals surface area contributed by atoms with Crippen molar-refractivity contribution in [1.82, 2.24) is 5.32 Å². The van der Waals surface area contributed by atoms with E-state index in [-0.39, 0.29) is 0 Å². The van der Waals surface area contributed by atoms with Crippen LogP contribution in [0.2, 0.25) is 0 Å². The van der Waals surface area contributed by atoms with Crippen molar-refractivity contribution in [1.29, 1.82) is 0 Å². The van der Waals surface area contributed by atoms with Gasteiger partial charge in [0.25, 0.3) is 0 Å². The minimum atomic E-state index is 0.350. The van der Waals surface area contributed by atoms with Crippen LogP contribution in [0.1, 0.15) is 52.4 Å². The molecule has 3 unspecified atom stereocenters. The van der Waals surface area contributed by atoms with Crippen LogP contribution < -0.4 is 5.32 Å². The molecular formula is C17H29NO.